The SMILES string of the molecule is COc1ccc([N+](=O)[O-])cc1OCc1nc(-c2cccc([N+](=O)[O-])c2)no1. The number of benzene rings is 2. The molecule has 27 heavy (non-hydrogen) atoms. The highest BCUT2D eigenvalue weighted by Crippen LogP contribution is 2.31. The quantitative estimate of drug-likeness (QED) is 0.451. The summed E-state index contributed by atoms with van der Waals surface area (Å²) in [7, 11) is 1.40. The molecule has 138 valence electrons. The second-order valence-electron chi connectivity index (χ2n) is 5.20. The lowest BCUT2D eigenvalue weighted by atomic mass is 10.2. The third kappa shape index (κ3) is 3.98. The van der Waals surface area contributed by atoms with E-state index in [9.17, 15) is 20.2 Å². The number of hydrogen-bond acceptors (Lipinski definition) is 9. The van der Waals surface area contributed by atoms with Crippen LogP contribution in [-0.2, 0) is 6.61 Å². The number of nitrogens with zero attached hydrogens (tertiary/aromatic N) is 4. The molecule has 1 aromatic heterocycles. The molecule has 11 nitrogen and oxygen atoms in total. The van der Waals surface area contributed by atoms with Crippen LogP contribution in [-0.4, -0.2) is 27.1 Å². The largest absolute Gasteiger partial charge is 0.493 e. The van der Waals surface area contributed by atoms with Crippen molar-refractivity contribution in [3.63, 3.8) is 0 Å². The maximum absolute atomic E-state index is 10.9. The topological polar surface area (TPSA) is 144 Å². The van der Waals surface area contributed by atoms with Gasteiger partial charge in [-0.1, -0.05) is 17.3 Å². The van der Waals surface area contributed by atoms with Gasteiger partial charge in [0.2, 0.25) is 5.82 Å². The van der Waals surface area contributed by atoms with E-state index in [1.165, 1.54) is 43.5 Å². The van der Waals surface area contributed by atoms with Gasteiger partial charge in [-0.2, -0.15) is 4.98 Å². The van der Waals surface area contributed by atoms with Crippen LogP contribution >= 0.6 is 0 Å². The minimum absolute atomic E-state index is 0.0880. The average Bonchev–Trinajstić information content (AvgIpc) is 3.15. The van der Waals surface area contributed by atoms with Gasteiger partial charge in [-0.15, -0.1) is 0 Å². The molecule has 0 bridgehead atoms. The first-order chi connectivity index (χ1) is 13.0. The first-order valence-corrected chi connectivity index (χ1v) is 7.50. The standard InChI is InChI=1S/C16H12N4O7/c1-25-13-6-5-12(20(23)24)8-14(13)26-9-15-17-16(18-27-15)10-3-2-4-11(7-10)19(21)22/h2-8H,9H2,1H3. The lowest BCUT2D eigenvalue weighted by Gasteiger charge is -2.08. The summed E-state index contributed by atoms with van der Waals surface area (Å²) >= 11 is 0. The number of aromatic nitrogens is 2. The summed E-state index contributed by atoms with van der Waals surface area (Å²) in [6.07, 6.45) is 0. The third-order valence-corrected chi connectivity index (χ3v) is 3.49. The van der Waals surface area contributed by atoms with E-state index in [0.29, 0.717) is 11.3 Å². The maximum atomic E-state index is 10.9. The van der Waals surface area contributed by atoms with Crippen molar-refractivity contribution in [1.29, 1.82) is 0 Å². The van der Waals surface area contributed by atoms with Crippen LogP contribution < -0.4 is 9.47 Å². The van der Waals surface area contributed by atoms with E-state index in [4.69, 9.17) is 14.0 Å². The Labute approximate surface area is 151 Å². The molecule has 0 amide bonds. The normalized spacial score (nSPS) is 10.4. The summed E-state index contributed by atoms with van der Waals surface area (Å²) in [6, 6.07) is 9.70. The molecule has 0 radical (unpaired) electrons. The van der Waals surface area contributed by atoms with Gasteiger partial charge in [0, 0.05) is 23.8 Å². The fourth-order valence-corrected chi connectivity index (χ4v) is 2.22. The van der Waals surface area contributed by atoms with Gasteiger partial charge in [0.05, 0.1) is 23.0 Å². The Bertz CT molecular complexity index is 1000. The van der Waals surface area contributed by atoms with E-state index >= 15 is 0 Å². The highest BCUT2D eigenvalue weighted by atomic mass is 16.6. The Morgan fingerprint density at radius 2 is 1.78 bits per heavy atom. The van der Waals surface area contributed by atoms with Crippen molar-refractivity contribution in [2.45, 2.75) is 6.61 Å². The summed E-state index contributed by atoms with van der Waals surface area (Å²) in [5, 5.41) is 25.5. The van der Waals surface area contributed by atoms with Gasteiger partial charge in [0.15, 0.2) is 18.1 Å². The fraction of sp³-hybridized carbons (Fsp3) is 0.125. The maximum Gasteiger partial charge on any atom is 0.273 e. The van der Waals surface area contributed by atoms with Crippen LogP contribution in [0.4, 0.5) is 11.4 Å². The first kappa shape index (κ1) is 17.8. The van der Waals surface area contributed by atoms with Crippen LogP contribution in [0.25, 0.3) is 11.4 Å². The van der Waals surface area contributed by atoms with Gasteiger partial charge >= 0.3 is 0 Å². The molecule has 0 aliphatic rings. The lowest BCUT2D eigenvalue weighted by molar-refractivity contribution is -0.385. The van der Waals surface area contributed by atoms with Crippen molar-refractivity contribution in [3.05, 3.63) is 68.6 Å². The Balaban J connectivity index is 1.77. The predicted octanol–water partition coefficient (Wildman–Crippen LogP) is 3.14. The zero-order chi connectivity index (χ0) is 19.4. The van der Waals surface area contributed by atoms with Gasteiger partial charge < -0.3 is 14.0 Å². The average molecular weight is 372 g/mol. The number of nitro groups is 2. The molecule has 1 heterocycles. The van der Waals surface area contributed by atoms with Crippen LogP contribution in [0.3, 0.4) is 0 Å². The van der Waals surface area contributed by atoms with Gasteiger partial charge in [0.1, 0.15) is 0 Å². The monoisotopic (exact) mass is 372 g/mol. The van der Waals surface area contributed by atoms with Crippen LogP contribution in [0, 0.1) is 20.2 Å². The number of rotatable bonds is 7. The third-order valence-electron chi connectivity index (χ3n) is 3.49. The van der Waals surface area contributed by atoms with E-state index in [0.717, 1.165) is 0 Å². The molecular formula is C16H12N4O7. The predicted molar refractivity (Wildman–Crippen MR) is 90.4 cm³/mol. The first-order valence-electron chi connectivity index (χ1n) is 7.50. The van der Waals surface area contributed by atoms with Gasteiger partial charge in [0.25, 0.3) is 17.3 Å². The Hall–Kier alpha value is -4.02. The Morgan fingerprint density at radius 1 is 1.04 bits per heavy atom. The van der Waals surface area contributed by atoms with Crippen LogP contribution in [0.1, 0.15) is 5.89 Å². The summed E-state index contributed by atoms with van der Waals surface area (Å²) in [5.41, 5.74) is 0.150. The van der Waals surface area contributed by atoms with Crippen molar-refractivity contribution >= 4 is 11.4 Å². The minimum atomic E-state index is -0.556. The molecule has 0 aliphatic carbocycles. The number of ether oxygens (including phenoxy) is 2. The van der Waals surface area contributed by atoms with E-state index < -0.39 is 9.85 Å². The van der Waals surface area contributed by atoms with Crippen LogP contribution in [0.2, 0.25) is 0 Å². The fourth-order valence-electron chi connectivity index (χ4n) is 2.22. The molecule has 0 atom stereocenters. The zero-order valence-corrected chi connectivity index (χ0v) is 13.9. The number of methoxy groups -OCH3 is 1. The second kappa shape index (κ2) is 7.47. The molecule has 0 N–H and O–H groups in total. The van der Waals surface area contributed by atoms with Crippen molar-refractivity contribution in [1.82, 2.24) is 10.1 Å². The van der Waals surface area contributed by atoms with E-state index in [1.54, 1.807) is 6.07 Å². The molecule has 0 unspecified atom stereocenters. The van der Waals surface area contributed by atoms with E-state index in [1.807, 2.05) is 0 Å². The van der Waals surface area contributed by atoms with Gasteiger partial charge in [-0.25, -0.2) is 0 Å². The van der Waals surface area contributed by atoms with Crippen LogP contribution in [0.15, 0.2) is 47.0 Å². The Morgan fingerprint density at radius 3 is 2.48 bits per heavy atom. The molecule has 0 saturated heterocycles. The smallest absolute Gasteiger partial charge is 0.273 e. The van der Waals surface area contributed by atoms with Gasteiger partial charge in [-0.05, 0) is 6.07 Å². The number of non-ortho nitro benzene ring substituents is 2. The van der Waals surface area contributed by atoms with Crippen LogP contribution in [0.5, 0.6) is 11.5 Å². The van der Waals surface area contributed by atoms with Crippen molar-refractivity contribution < 1.29 is 23.8 Å². The molecule has 0 fully saturated rings. The molecule has 0 aliphatic heterocycles. The Kier molecular flexibility index (Phi) is 4.92. The summed E-state index contributed by atoms with van der Waals surface area (Å²) in [6.45, 7) is -0.167. The van der Waals surface area contributed by atoms with Crippen molar-refractivity contribution in [2.75, 3.05) is 7.11 Å². The molecular weight excluding hydrogens is 360 g/mol. The van der Waals surface area contributed by atoms with E-state index in [2.05, 4.69) is 10.1 Å². The molecule has 3 rings (SSSR count). The van der Waals surface area contributed by atoms with Crippen molar-refractivity contribution in [3.8, 4) is 22.9 Å². The summed E-state index contributed by atoms with van der Waals surface area (Å²) in [4.78, 5) is 24.8. The van der Waals surface area contributed by atoms with E-state index in [-0.39, 0.29) is 35.4 Å². The van der Waals surface area contributed by atoms with Gasteiger partial charge in [-0.3, -0.25) is 20.2 Å². The molecule has 0 spiro atoms. The molecule has 3 aromatic rings. The molecule has 2 aromatic carbocycles. The lowest BCUT2D eigenvalue weighted by Crippen LogP contribution is -1.99. The highest BCUT2D eigenvalue weighted by Gasteiger charge is 2.16. The minimum Gasteiger partial charge on any atom is -0.493 e. The zero-order valence-electron chi connectivity index (χ0n) is 13.9. The summed E-state index contributed by atoms with van der Waals surface area (Å²) in [5.74, 6) is 0.689. The molecule has 0 saturated carbocycles. The highest BCUT2D eigenvalue weighted by molar-refractivity contribution is 5.58. The van der Waals surface area contributed by atoms with Crippen molar-refractivity contribution in [2.24, 2.45) is 0 Å². The second-order valence-corrected chi connectivity index (χ2v) is 5.20. The molecule has 11 heteroatoms. The number of hydrogen-bond donors (Lipinski definition) is 0. The number of nitro benzene ring substituents is 2. The summed E-state index contributed by atoms with van der Waals surface area (Å²) < 4.78 is 15.6.